The first kappa shape index (κ1) is 23.1. The van der Waals surface area contributed by atoms with E-state index in [-0.39, 0.29) is 19.0 Å². The lowest BCUT2D eigenvalue weighted by Crippen LogP contribution is -2.32. The third-order valence-electron chi connectivity index (χ3n) is 5.45. The molecule has 4 rings (SSSR count). The maximum absolute atomic E-state index is 12.7. The topological polar surface area (TPSA) is 136 Å². The van der Waals surface area contributed by atoms with Gasteiger partial charge in [0.25, 0.3) is 0 Å². The van der Waals surface area contributed by atoms with Gasteiger partial charge < -0.3 is 19.9 Å². The third kappa shape index (κ3) is 5.29. The molecule has 0 bridgehead atoms. The predicted molar refractivity (Wildman–Crippen MR) is 121 cm³/mol. The van der Waals surface area contributed by atoms with Crippen LogP contribution in [0.1, 0.15) is 44.5 Å². The van der Waals surface area contributed by atoms with Crippen molar-refractivity contribution in [1.82, 2.24) is 14.5 Å². The van der Waals surface area contributed by atoms with Crippen LogP contribution in [0.3, 0.4) is 0 Å². The van der Waals surface area contributed by atoms with Crippen LogP contribution in [0.2, 0.25) is 0 Å². The van der Waals surface area contributed by atoms with Gasteiger partial charge in [0.2, 0.25) is 5.95 Å². The number of hydrogen-bond acceptors (Lipinski definition) is 9. The summed E-state index contributed by atoms with van der Waals surface area (Å²) in [5.74, 6) is -1.25. The fourth-order valence-electron chi connectivity index (χ4n) is 3.52. The monoisotopic (exact) mass is 464 g/mol. The Labute approximate surface area is 195 Å². The highest BCUT2D eigenvalue weighted by Gasteiger charge is 2.40. The lowest BCUT2D eigenvalue weighted by atomic mass is 10.1. The van der Waals surface area contributed by atoms with Crippen molar-refractivity contribution in [3.05, 3.63) is 87.6 Å². The van der Waals surface area contributed by atoms with Gasteiger partial charge in [-0.15, -0.1) is 0 Å². The minimum absolute atomic E-state index is 0.136. The van der Waals surface area contributed by atoms with Crippen LogP contribution in [0.4, 0.5) is 5.95 Å². The number of benzene rings is 2. The summed E-state index contributed by atoms with van der Waals surface area (Å²) in [4.78, 5) is 44.9. The Morgan fingerprint density at radius 2 is 1.62 bits per heavy atom. The first-order chi connectivity index (χ1) is 16.3. The van der Waals surface area contributed by atoms with E-state index in [1.54, 1.807) is 48.5 Å². The van der Waals surface area contributed by atoms with Crippen molar-refractivity contribution >= 4 is 17.9 Å². The van der Waals surface area contributed by atoms with Gasteiger partial charge in [0.15, 0.2) is 0 Å². The second-order valence-electron chi connectivity index (χ2n) is 8.04. The van der Waals surface area contributed by atoms with Crippen molar-refractivity contribution in [3.63, 3.8) is 0 Å². The minimum Gasteiger partial charge on any atom is -0.459 e. The summed E-state index contributed by atoms with van der Waals surface area (Å²) in [6, 6.07) is 13.9. The Hall–Kier alpha value is -4.05. The van der Waals surface area contributed by atoms with Crippen LogP contribution in [-0.4, -0.2) is 45.3 Å². The normalized spacial score (nSPS) is 19.5. The summed E-state index contributed by atoms with van der Waals surface area (Å²) in [6.07, 6.45) is -1.06. The van der Waals surface area contributed by atoms with Gasteiger partial charge in [-0.1, -0.05) is 35.4 Å². The highest BCUT2D eigenvalue weighted by Crippen LogP contribution is 2.31. The Morgan fingerprint density at radius 1 is 1.03 bits per heavy atom. The number of nitrogen functional groups attached to an aromatic ring is 1. The number of nitrogens with two attached hydrogens (primary N) is 1. The molecular formula is C24H24N4O6. The van der Waals surface area contributed by atoms with Crippen LogP contribution in [0.15, 0.2) is 59.7 Å². The molecule has 0 saturated carbocycles. The fourth-order valence-corrected chi connectivity index (χ4v) is 3.52. The maximum atomic E-state index is 12.7. The second-order valence-corrected chi connectivity index (χ2v) is 8.04. The van der Waals surface area contributed by atoms with Gasteiger partial charge in [0, 0.05) is 6.42 Å². The number of ether oxygens (including phenoxy) is 3. The van der Waals surface area contributed by atoms with E-state index >= 15 is 0 Å². The third-order valence-corrected chi connectivity index (χ3v) is 5.45. The van der Waals surface area contributed by atoms with E-state index in [1.807, 2.05) is 13.8 Å². The number of aromatic nitrogens is 3. The summed E-state index contributed by atoms with van der Waals surface area (Å²) >= 11 is 0. The Balaban J connectivity index is 1.50. The standard InChI is InChI=1S/C24H24N4O6/c1-14-3-7-16(8-4-14)21(29)32-12-19-18(34-22(30)17-9-5-15(2)6-10-17)11-20(33-19)28-13-26-23(25)27-24(28)31/h3-10,13,18-20H,11-12H2,1-2H3,(H2,25,27,31)/t18-,19-,20-/m1/s1. The molecule has 2 aromatic carbocycles. The highest BCUT2D eigenvalue weighted by molar-refractivity contribution is 5.90. The van der Waals surface area contributed by atoms with Gasteiger partial charge in [0.05, 0.1) is 11.1 Å². The Morgan fingerprint density at radius 3 is 2.21 bits per heavy atom. The van der Waals surface area contributed by atoms with E-state index in [0.717, 1.165) is 15.7 Å². The van der Waals surface area contributed by atoms with Crippen LogP contribution in [0, 0.1) is 13.8 Å². The molecular weight excluding hydrogens is 440 g/mol. The molecule has 0 radical (unpaired) electrons. The molecule has 1 fully saturated rings. The lowest BCUT2D eigenvalue weighted by molar-refractivity contribution is -0.0584. The largest absolute Gasteiger partial charge is 0.459 e. The average Bonchev–Trinajstić information content (AvgIpc) is 3.20. The van der Waals surface area contributed by atoms with Crippen LogP contribution < -0.4 is 11.4 Å². The number of carbonyl (C=O) groups excluding carboxylic acids is 2. The summed E-state index contributed by atoms with van der Waals surface area (Å²) in [5, 5.41) is 0. The van der Waals surface area contributed by atoms with Crippen LogP contribution >= 0.6 is 0 Å². The van der Waals surface area contributed by atoms with Gasteiger partial charge >= 0.3 is 17.6 Å². The summed E-state index contributed by atoms with van der Waals surface area (Å²) in [7, 11) is 0. The van der Waals surface area contributed by atoms with Crippen molar-refractivity contribution in [2.24, 2.45) is 0 Å². The van der Waals surface area contributed by atoms with E-state index < -0.39 is 36.1 Å². The molecule has 0 unspecified atom stereocenters. The molecule has 1 aliphatic rings. The van der Waals surface area contributed by atoms with Crippen molar-refractivity contribution < 1.29 is 23.8 Å². The quantitative estimate of drug-likeness (QED) is 0.545. The predicted octanol–water partition coefficient (Wildman–Crippen LogP) is 2.21. The zero-order valence-corrected chi connectivity index (χ0v) is 18.7. The molecule has 0 aliphatic carbocycles. The number of esters is 2. The molecule has 3 atom stereocenters. The number of aryl methyl sites for hydroxylation is 2. The first-order valence-corrected chi connectivity index (χ1v) is 10.7. The molecule has 3 aromatic rings. The molecule has 1 aliphatic heterocycles. The van der Waals surface area contributed by atoms with Crippen LogP contribution in [0.5, 0.6) is 0 Å². The van der Waals surface area contributed by atoms with Crippen LogP contribution in [0.25, 0.3) is 0 Å². The number of carbonyl (C=O) groups is 2. The number of hydrogen-bond donors (Lipinski definition) is 1. The molecule has 0 spiro atoms. The molecule has 176 valence electrons. The Kier molecular flexibility index (Phi) is 6.69. The van der Waals surface area contributed by atoms with Gasteiger partial charge in [-0.2, -0.15) is 4.98 Å². The van der Waals surface area contributed by atoms with Gasteiger partial charge in [-0.25, -0.2) is 19.4 Å². The first-order valence-electron chi connectivity index (χ1n) is 10.7. The average molecular weight is 464 g/mol. The van der Waals surface area contributed by atoms with Crippen molar-refractivity contribution in [3.8, 4) is 0 Å². The van der Waals surface area contributed by atoms with Gasteiger partial charge in [0.1, 0.15) is 31.4 Å². The molecule has 10 nitrogen and oxygen atoms in total. The molecule has 1 aromatic heterocycles. The number of anilines is 1. The number of nitrogens with zero attached hydrogens (tertiary/aromatic N) is 3. The molecule has 0 amide bonds. The van der Waals surface area contributed by atoms with Crippen molar-refractivity contribution in [2.75, 3.05) is 12.3 Å². The van der Waals surface area contributed by atoms with E-state index in [9.17, 15) is 14.4 Å². The van der Waals surface area contributed by atoms with Gasteiger partial charge in [-0.05, 0) is 38.1 Å². The fraction of sp³-hybridized carbons (Fsp3) is 0.292. The second kappa shape index (κ2) is 9.84. The summed E-state index contributed by atoms with van der Waals surface area (Å²) < 4.78 is 18.2. The van der Waals surface area contributed by atoms with E-state index in [4.69, 9.17) is 19.9 Å². The van der Waals surface area contributed by atoms with Crippen molar-refractivity contribution in [2.45, 2.75) is 38.7 Å². The van der Waals surface area contributed by atoms with Crippen LogP contribution in [-0.2, 0) is 14.2 Å². The molecule has 34 heavy (non-hydrogen) atoms. The molecule has 2 N–H and O–H groups in total. The Bertz CT molecular complexity index is 1240. The summed E-state index contributed by atoms with van der Waals surface area (Å²) in [5.41, 5.74) is 7.58. The number of rotatable bonds is 6. The van der Waals surface area contributed by atoms with Crippen molar-refractivity contribution in [1.29, 1.82) is 0 Å². The lowest BCUT2D eigenvalue weighted by Gasteiger charge is -2.19. The zero-order chi connectivity index (χ0) is 24.2. The molecule has 2 heterocycles. The summed E-state index contributed by atoms with van der Waals surface area (Å²) in [6.45, 7) is 3.65. The highest BCUT2D eigenvalue weighted by atomic mass is 16.6. The van der Waals surface area contributed by atoms with E-state index in [0.29, 0.717) is 11.1 Å². The van der Waals surface area contributed by atoms with E-state index in [1.165, 1.54) is 6.33 Å². The van der Waals surface area contributed by atoms with Gasteiger partial charge in [-0.3, -0.25) is 4.57 Å². The van der Waals surface area contributed by atoms with E-state index in [2.05, 4.69) is 9.97 Å². The maximum Gasteiger partial charge on any atom is 0.354 e. The SMILES string of the molecule is Cc1ccc(C(=O)OC[C@H]2O[C@@H](n3cnc(N)nc3=O)C[C@H]2OC(=O)c2ccc(C)cc2)cc1. The molecule has 1 saturated heterocycles. The zero-order valence-electron chi connectivity index (χ0n) is 18.7. The minimum atomic E-state index is -0.827. The smallest absolute Gasteiger partial charge is 0.354 e. The molecule has 10 heteroatoms.